The summed E-state index contributed by atoms with van der Waals surface area (Å²) in [5.74, 6) is 0.0324. The van der Waals surface area contributed by atoms with Crippen LogP contribution in [0.3, 0.4) is 0 Å². The number of ether oxygens (including phenoxy) is 1. The van der Waals surface area contributed by atoms with Crippen molar-refractivity contribution in [2.75, 3.05) is 19.4 Å². The number of carbonyl (C=O) groups is 2. The molecule has 0 radical (unpaired) electrons. The third-order valence-corrected chi connectivity index (χ3v) is 5.33. The van der Waals surface area contributed by atoms with Gasteiger partial charge in [-0.1, -0.05) is 48.2 Å². The molecule has 3 rings (SSSR count). The van der Waals surface area contributed by atoms with Crippen LogP contribution >= 0.6 is 11.8 Å². The van der Waals surface area contributed by atoms with Gasteiger partial charge in [0.15, 0.2) is 11.0 Å². The molecule has 0 saturated heterocycles. The van der Waals surface area contributed by atoms with Gasteiger partial charge in [0.05, 0.1) is 18.6 Å². The van der Waals surface area contributed by atoms with Gasteiger partial charge in [0, 0.05) is 5.56 Å². The van der Waals surface area contributed by atoms with Gasteiger partial charge in [-0.15, -0.1) is 10.2 Å². The predicted molar refractivity (Wildman–Crippen MR) is 112 cm³/mol. The molecule has 0 unspecified atom stereocenters. The third kappa shape index (κ3) is 5.03. The average molecular weight is 410 g/mol. The molecule has 0 atom stereocenters. The van der Waals surface area contributed by atoms with Crippen molar-refractivity contribution in [2.45, 2.75) is 19.0 Å². The predicted octanol–water partition coefficient (Wildman–Crippen LogP) is 2.93. The lowest BCUT2D eigenvalue weighted by Crippen LogP contribution is -2.31. The van der Waals surface area contributed by atoms with Crippen LogP contribution in [0.1, 0.15) is 11.1 Å². The number of nitrogens with one attached hydrogen (secondary N) is 1. The highest BCUT2D eigenvalue weighted by Gasteiger charge is 2.18. The Morgan fingerprint density at radius 2 is 1.83 bits per heavy atom. The molecule has 150 valence electrons. The topological polar surface area (TPSA) is 86.1 Å². The molecule has 3 aromatic rings. The highest BCUT2D eigenvalue weighted by Crippen LogP contribution is 2.28. The molecule has 1 aromatic heterocycles. The molecule has 0 saturated carbocycles. The van der Waals surface area contributed by atoms with Gasteiger partial charge < -0.3 is 10.1 Å². The fraction of sp³-hybridized carbons (Fsp3) is 0.238. The van der Waals surface area contributed by atoms with Gasteiger partial charge in [-0.2, -0.15) is 0 Å². The lowest BCUT2D eigenvalue weighted by atomic mass is 10.1. The SMILES string of the molecule is COC(=O)CNC(=O)CSc1nnc(-c2ccccc2)n1-c1ccc(C)c(C)c1. The standard InChI is InChI=1S/C21H22N4O3S/c1-14-9-10-17(11-15(14)2)25-20(16-7-5-4-6-8-16)23-24-21(25)29-13-18(26)22-12-19(27)28-3/h4-11H,12-13H2,1-3H3,(H,22,26). The number of esters is 1. The Kier molecular flexibility index (Phi) is 6.66. The van der Waals surface area contributed by atoms with Crippen LogP contribution in [-0.2, 0) is 14.3 Å². The van der Waals surface area contributed by atoms with Crippen LogP contribution in [0, 0.1) is 13.8 Å². The molecule has 1 N–H and O–H groups in total. The third-order valence-electron chi connectivity index (χ3n) is 4.40. The number of rotatable bonds is 7. The first-order valence-electron chi connectivity index (χ1n) is 9.04. The van der Waals surface area contributed by atoms with Crippen LogP contribution in [-0.4, -0.2) is 46.0 Å². The first-order chi connectivity index (χ1) is 14.0. The van der Waals surface area contributed by atoms with Crippen molar-refractivity contribution in [3.8, 4) is 17.1 Å². The number of methoxy groups -OCH3 is 1. The Labute approximate surface area is 173 Å². The molecule has 2 aromatic carbocycles. The minimum atomic E-state index is -0.493. The van der Waals surface area contributed by atoms with Crippen molar-refractivity contribution in [3.63, 3.8) is 0 Å². The Morgan fingerprint density at radius 3 is 2.52 bits per heavy atom. The highest BCUT2D eigenvalue weighted by atomic mass is 32.2. The molecule has 0 aliphatic carbocycles. The maximum absolute atomic E-state index is 12.1. The van der Waals surface area contributed by atoms with E-state index in [0.717, 1.165) is 16.8 Å². The molecular weight excluding hydrogens is 388 g/mol. The van der Waals surface area contributed by atoms with E-state index in [9.17, 15) is 9.59 Å². The van der Waals surface area contributed by atoms with Crippen molar-refractivity contribution < 1.29 is 14.3 Å². The quantitative estimate of drug-likeness (QED) is 0.476. The van der Waals surface area contributed by atoms with E-state index in [1.165, 1.54) is 24.4 Å². The average Bonchev–Trinajstić information content (AvgIpc) is 3.17. The minimum absolute atomic E-state index is 0.106. The molecule has 29 heavy (non-hydrogen) atoms. The van der Waals surface area contributed by atoms with Crippen LogP contribution in [0.25, 0.3) is 17.1 Å². The monoisotopic (exact) mass is 410 g/mol. The normalized spacial score (nSPS) is 10.6. The Balaban J connectivity index is 1.89. The minimum Gasteiger partial charge on any atom is -0.468 e. The number of amides is 1. The van der Waals surface area contributed by atoms with Crippen molar-refractivity contribution in [3.05, 3.63) is 59.7 Å². The van der Waals surface area contributed by atoms with Gasteiger partial charge >= 0.3 is 5.97 Å². The summed E-state index contributed by atoms with van der Waals surface area (Å²) in [6.07, 6.45) is 0. The molecule has 1 amide bonds. The number of hydrogen-bond acceptors (Lipinski definition) is 6. The van der Waals surface area contributed by atoms with Gasteiger partial charge in [-0.3, -0.25) is 14.2 Å². The lowest BCUT2D eigenvalue weighted by Gasteiger charge is -2.12. The second-order valence-corrected chi connectivity index (χ2v) is 7.36. The van der Waals surface area contributed by atoms with Gasteiger partial charge in [0.2, 0.25) is 5.91 Å². The van der Waals surface area contributed by atoms with E-state index in [0.29, 0.717) is 11.0 Å². The van der Waals surface area contributed by atoms with Gasteiger partial charge in [0.1, 0.15) is 6.54 Å². The maximum atomic E-state index is 12.1. The van der Waals surface area contributed by atoms with Crippen LogP contribution in [0.5, 0.6) is 0 Å². The van der Waals surface area contributed by atoms with Gasteiger partial charge in [0.25, 0.3) is 0 Å². The number of benzene rings is 2. The van der Waals surface area contributed by atoms with E-state index < -0.39 is 5.97 Å². The van der Waals surface area contributed by atoms with Crippen LogP contribution in [0.4, 0.5) is 0 Å². The van der Waals surface area contributed by atoms with Crippen molar-refractivity contribution in [1.82, 2.24) is 20.1 Å². The molecule has 8 heteroatoms. The zero-order valence-corrected chi connectivity index (χ0v) is 17.3. The van der Waals surface area contributed by atoms with Gasteiger partial charge in [-0.25, -0.2) is 0 Å². The first kappa shape index (κ1) is 20.6. The number of aromatic nitrogens is 3. The molecule has 0 bridgehead atoms. The molecule has 0 aliphatic heterocycles. The molecule has 0 aliphatic rings. The summed E-state index contributed by atoms with van der Waals surface area (Å²) in [5, 5.41) is 11.8. The zero-order chi connectivity index (χ0) is 20.8. The number of aryl methyl sites for hydroxylation is 2. The fourth-order valence-electron chi connectivity index (χ4n) is 2.66. The summed E-state index contributed by atoms with van der Waals surface area (Å²) in [7, 11) is 1.28. The zero-order valence-electron chi connectivity index (χ0n) is 16.5. The summed E-state index contributed by atoms with van der Waals surface area (Å²) in [6, 6.07) is 15.9. The van der Waals surface area contributed by atoms with Crippen LogP contribution < -0.4 is 5.32 Å². The summed E-state index contributed by atoms with van der Waals surface area (Å²) in [4.78, 5) is 23.2. The first-order valence-corrected chi connectivity index (χ1v) is 10.0. The summed E-state index contributed by atoms with van der Waals surface area (Å²) in [5.41, 5.74) is 4.20. The molecule has 7 nitrogen and oxygen atoms in total. The van der Waals surface area contributed by atoms with E-state index in [2.05, 4.69) is 46.2 Å². The molecule has 0 spiro atoms. The van der Waals surface area contributed by atoms with E-state index in [4.69, 9.17) is 0 Å². The number of hydrogen-bond donors (Lipinski definition) is 1. The van der Waals surface area contributed by atoms with Crippen molar-refractivity contribution in [1.29, 1.82) is 0 Å². The Hall–Kier alpha value is -3.13. The lowest BCUT2D eigenvalue weighted by molar-refractivity contribution is -0.140. The van der Waals surface area contributed by atoms with E-state index in [1.54, 1.807) is 0 Å². The summed E-state index contributed by atoms with van der Waals surface area (Å²) < 4.78 is 6.47. The second-order valence-electron chi connectivity index (χ2n) is 6.42. The summed E-state index contributed by atoms with van der Waals surface area (Å²) in [6.45, 7) is 3.96. The number of carbonyl (C=O) groups excluding carboxylic acids is 2. The fourth-order valence-corrected chi connectivity index (χ4v) is 3.44. The molecule has 1 heterocycles. The van der Waals surface area contributed by atoms with Gasteiger partial charge in [-0.05, 0) is 37.1 Å². The summed E-state index contributed by atoms with van der Waals surface area (Å²) >= 11 is 1.26. The van der Waals surface area contributed by atoms with Crippen LogP contribution in [0.2, 0.25) is 0 Å². The van der Waals surface area contributed by atoms with E-state index >= 15 is 0 Å². The second kappa shape index (κ2) is 9.38. The van der Waals surface area contributed by atoms with Crippen LogP contribution in [0.15, 0.2) is 53.7 Å². The van der Waals surface area contributed by atoms with E-state index in [-0.39, 0.29) is 18.2 Å². The maximum Gasteiger partial charge on any atom is 0.325 e. The Morgan fingerprint density at radius 1 is 1.07 bits per heavy atom. The number of thioether (sulfide) groups is 1. The molecule has 0 fully saturated rings. The molecular formula is C21H22N4O3S. The van der Waals surface area contributed by atoms with E-state index in [1.807, 2.05) is 41.0 Å². The highest BCUT2D eigenvalue weighted by molar-refractivity contribution is 7.99. The smallest absolute Gasteiger partial charge is 0.325 e. The van der Waals surface area contributed by atoms with Crippen molar-refractivity contribution in [2.24, 2.45) is 0 Å². The Bertz CT molecular complexity index is 1020. The number of nitrogens with zero attached hydrogens (tertiary/aromatic N) is 3. The largest absolute Gasteiger partial charge is 0.468 e. The van der Waals surface area contributed by atoms with Crippen molar-refractivity contribution >= 4 is 23.6 Å².